The minimum atomic E-state index is -3.64. The molecule has 0 fully saturated rings. The molecular weight excluding hydrogens is 452 g/mol. The topological polar surface area (TPSA) is 68.2 Å². The van der Waals surface area contributed by atoms with E-state index in [0.717, 1.165) is 26.7 Å². The molecule has 0 amide bonds. The number of anilines is 1. The monoisotopic (exact) mass is 472 g/mol. The van der Waals surface area contributed by atoms with E-state index in [-0.39, 0.29) is 16.6 Å². The summed E-state index contributed by atoms with van der Waals surface area (Å²) in [6, 6.07) is 31.1. The first-order valence-electron chi connectivity index (χ1n) is 10.3. The van der Waals surface area contributed by atoms with Crippen molar-refractivity contribution in [2.45, 2.75) is 9.79 Å². The van der Waals surface area contributed by atoms with Crippen LogP contribution in [0.4, 0.5) is 5.69 Å². The molecule has 1 heterocycles. The molecule has 0 saturated carbocycles. The summed E-state index contributed by atoms with van der Waals surface area (Å²) in [5.74, 6) is 0.254. The highest BCUT2D eigenvalue weighted by Crippen LogP contribution is 2.30. The van der Waals surface area contributed by atoms with Crippen molar-refractivity contribution < 1.29 is 13.2 Å². The number of carbonyl (C=O) groups is 1. The Morgan fingerprint density at radius 1 is 0.727 bits per heavy atom. The van der Waals surface area contributed by atoms with Gasteiger partial charge in [0.15, 0.2) is 0 Å². The molecule has 7 heteroatoms. The van der Waals surface area contributed by atoms with E-state index in [1.165, 1.54) is 11.8 Å². The molecule has 1 aromatic heterocycles. The van der Waals surface area contributed by atoms with Gasteiger partial charge in [-0.2, -0.15) is 0 Å². The number of benzene rings is 4. The number of sulfonamides is 1. The van der Waals surface area contributed by atoms with Crippen LogP contribution in [-0.4, -0.2) is 24.6 Å². The largest absolute Gasteiger partial charge is 0.280 e. The summed E-state index contributed by atoms with van der Waals surface area (Å²) in [5, 5.41) is 2.11. The highest BCUT2D eigenvalue weighted by Gasteiger charge is 2.16. The minimum Gasteiger partial charge on any atom is -0.280 e. The average molecular weight is 473 g/mol. The van der Waals surface area contributed by atoms with Gasteiger partial charge in [-0.25, -0.2) is 8.42 Å². The highest BCUT2D eigenvalue weighted by atomic mass is 32.2. The maximum absolute atomic E-state index is 13.2. The molecule has 0 saturated heterocycles. The van der Waals surface area contributed by atoms with Crippen molar-refractivity contribution in [3.05, 3.63) is 103 Å². The second-order valence-corrected chi connectivity index (χ2v) is 10.2. The molecule has 0 atom stereocenters. The Bertz CT molecular complexity index is 1510. The van der Waals surface area contributed by atoms with Crippen molar-refractivity contribution in [1.29, 1.82) is 0 Å². The summed E-state index contributed by atoms with van der Waals surface area (Å²) in [6.45, 7) is 0. The molecular formula is C26H20N2O3S2. The lowest BCUT2D eigenvalue weighted by Crippen LogP contribution is -2.13. The lowest BCUT2D eigenvalue weighted by Gasteiger charge is -2.09. The Kier molecular flexibility index (Phi) is 5.66. The Morgan fingerprint density at radius 3 is 1.88 bits per heavy atom. The summed E-state index contributed by atoms with van der Waals surface area (Å²) in [4.78, 5) is 14.3. The second kappa shape index (κ2) is 8.77. The third-order valence-electron chi connectivity index (χ3n) is 5.35. The molecule has 0 radical (unpaired) electrons. The predicted octanol–water partition coefficient (Wildman–Crippen LogP) is 6.03. The number of fused-ring (bicyclic) bond motifs is 3. The van der Waals surface area contributed by atoms with E-state index in [0.29, 0.717) is 5.69 Å². The molecule has 1 N–H and O–H groups in total. The van der Waals surface area contributed by atoms with Gasteiger partial charge < -0.3 is 0 Å². The van der Waals surface area contributed by atoms with Gasteiger partial charge in [-0.05, 0) is 48.5 Å². The van der Waals surface area contributed by atoms with E-state index in [4.69, 9.17) is 0 Å². The zero-order valence-corrected chi connectivity index (χ0v) is 19.1. The van der Waals surface area contributed by atoms with Crippen molar-refractivity contribution in [2.75, 3.05) is 10.5 Å². The molecule has 5 nitrogen and oxygen atoms in total. The van der Waals surface area contributed by atoms with Crippen LogP contribution in [0.25, 0.3) is 21.8 Å². The Hall–Kier alpha value is -3.55. The van der Waals surface area contributed by atoms with Gasteiger partial charge in [0.05, 0.1) is 21.7 Å². The van der Waals surface area contributed by atoms with Gasteiger partial charge in [-0.3, -0.25) is 14.1 Å². The van der Waals surface area contributed by atoms with E-state index in [1.807, 2.05) is 60.7 Å². The molecule has 0 bridgehead atoms. The van der Waals surface area contributed by atoms with Crippen molar-refractivity contribution in [3.63, 3.8) is 0 Å². The SMILES string of the molecule is O=C(CSc1ccc(NS(=O)(=O)c2ccccc2)cc1)n1c2ccccc2c2ccccc21. The highest BCUT2D eigenvalue weighted by molar-refractivity contribution is 8.00. The third-order valence-corrected chi connectivity index (χ3v) is 7.75. The summed E-state index contributed by atoms with van der Waals surface area (Å²) < 4.78 is 29.3. The number of nitrogens with zero attached hydrogens (tertiary/aromatic N) is 1. The molecule has 0 spiro atoms. The standard InChI is InChI=1S/C26H20N2O3S2/c29-26(28-24-12-6-4-10-22(24)23-11-5-7-13-25(23)28)18-32-20-16-14-19(15-17-20)27-33(30,31)21-8-2-1-3-9-21/h1-17,27H,18H2. The second-order valence-electron chi connectivity index (χ2n) is 7.50. The first-order valence-corrected chi connectivity index (χ1v) is 12.8. The van der Waals surface area contributed by atoms with Crippen LogP contribution in [-0.2, 0) is 10.0 Å². The molecule has 0 aliphatic carbocycles. The van der Waals surface area contributed by atoms with Crippen molar-refractivity contribution >= 4 is 55.2 Å². The lowest BCUT2D eigenvalue weighted by molar-refractivity contribution is 0.0951. The number of para-hydroxylation sites is 2. The van der Waals surface area contributed by atoms with Crippen LogP contribution in [0, 0.1) is 0 Å². The zero-order valence-electron chi connectivity index (χ0n) is 17.5. The lowest BCUT2D eigenvalue weighted by atomic mass is 10.2. The summed E-state index contributed by atoms with van der Waals surface area (Å²) in [6.07, 6.45) is 0. The van der Waals surface area contributed by atoms with Gasteiger partial charge in [0.2, 0.25) is 5.91 Å². The van der Waals surface area contributed by atoms with Crippen molar-refractivity contribution in [2.24, 2.45) is 0 Å². The van der Waals surface area contributed by atoms with Gasteiger partial charge in [-0.15, -0.1) is 11.8 Å². The number of aromatic nitrogens is 1. The number of rotatable bonds is 6. The molecule has 164 valence electrons. The maximum atomic E-state index is 13.2. The van der Waals surface area contributed by atoms with Crippen LogP contribution >= 0.6 is 11.8 Å². The van der Waals surface area contributed by atoms with Crippen molar-refractivity contribution in [3.8, 4) is 0 Å². The summed E-state index contributed by atoms with van der Waals surface area (Å²) in [7, 11) is -3.64. The van der Waals surface area contributed by atoms with E-state index in [2.05, 4.69) is 4.72 Å². The first-order chi connectivity index (χ1) is 16.0. The molecule has 33 heavy (non-hydrogen) atoms. The van der Waals surface area contributed by atoms with E-state index < -0.39 is 10.0 Å². The Balaban J connectivity index is 1.32. The maximum Gasteiger partial charge on any atom is 0.261 e. The van der Waals surface area contributed by atoms with Crippen LogP contribution in [0.2, 0.25) is 0 Å². The van der Waals surface area contributed by atoms with Gasteiger partial charge >= 0.3 is 0 Å². The summed E-state index contributed by atoms with van der Waals surface area (Å²) in [5.41, 5.74) is 2.27. The fourth-order valence-corrected chi connectivity index (χ4v) is 5.66. The Morgan fingerprint density at radius 2 is 1.27 bits per heavy atom. The minimum absolute atomic E-state index is 0.00810. The van der Waals surface area contributed by atoms with Gasteiger partial charge in [0.1, 0.15) is 0 Å². The van der Waals surface area contributed by atoms with Gasteiger partial charge in [-0.1, -0.05) is 54.6 Å². The van der Waals surface area contributed by atoms with E-state index in [9.17, 15) is 13.2 Å². The first kappa shape index (κ1) is 21.3. The average Bonchev–Trinajstić information content (AvgIpc) is 3.18. The number of hydrogen-bond acceptors (Lipinski definition) is 4. The smallest absolute Gasteiger partial charge is 0.261 e. The molecule has 0 unspecified atom stereocenters. The molecule has 0 aliphatic rings. The quantitative estimate of drug-likeness (QED) is 0.307. The molecule has 5 rings (SSSR count). The van der Waals surface area contributed by atoms with Gasteiger partial charge in [0, 0.05) is 21.4 Å². The number of thioether (sulfide) groups is 1. The zero-order chi connectivity index (χ0) is 22.8. The number of hydrogen-bond donors (Lipinski definition) is 1. The summed E-state index contributed by atoms with van der Waals surface area (Å²) >= 11 is 1.42. The van der Waals surface area contributed by atoms with Gasteiger partial charge in [0.25, 0.3) is 10.0 Å². The normalized spacial score (nSPS) is 11.6. The van der Waals surface area contributed by atoms with Crippen molar-refractivity contribution in [1.82, 2.24) is 4.57 Å². The third kappa shape index (κ3) is 4.25. The molecule has 5 aromatic rings. The van der Waals surface area contributed by atoms with Crippen LogP contribution in [0.3, 0.4) is 0 Å². The molecule has 4 aromatic carbocycles. The van der Waals surface area contributed by atoms with Crippen LogP contribution in [0.5, 0.6) is 0 Å². The predicted molar refractivity (Wildman–Crippen MR) is 134 cm³/mol. The van der Waals surface area contributed by atoms with Crippen LogP contribution in [0.15, 0.2) is 113 Å². The van der Waals surface area contributed by atoms with E-state index in [1.54, 1.807) is 47.0 Å². The molecule has 0 aliphatic heterocycles. The number of nitrogens with one attached hydrogen (secondary N) is 1. The Labute approximate surface area is 196 Å². The van der Waals surface area contributed by atoms with Crippen LogP contribution in [0.1, 0.15) is 4.79 Å². The number of carbonyl (C=O) groups excluding carboxylic acids is 1. The van der Waals surface area contributed by atoms with E-state index >= 15 is 0 Å². The fourth-order valence-electron chi connectivity index (χ4n) is 3.83. The fraction of sp³-hybridized carbons (Fsp3) is 0.0385. The van der Waals surface area contributed by atoms with Crippen LogP contribution < -0.4 is 4.72 Å².